The minimum atomic E-state index is -0.569. The molecule has 0 radical (unpaired) electrons. The lowest BCUT2D eigenvalue weighted by Gasteiger charge is -2.31. The second-order valence-corrected chi connectivity index (χ2v) is 10.9. The summed E-state index contributed by atoms with van der Waals surface area (Å²) in [7, 11) is 1.60. The molecule has 0 aliphatic carbocycles. The topological polar surface area (TPSA) is 62.7 Å². The van der Waals surface area contributed by atoms with Gasteiger partial charge in [-0.1, -0.05) is 77.9 Å². The number of pyridine rings is 1. The van der Waals surface area contributed by atoms with Crippen LogP contribution in [0.5, 0.6) is 5.75 Å². The summed E-state index contributed by atoms with van der Waals surface area (Å²) in [5.74, 6) is 0.616. The number of methoxy groups -OCH3 is 1. The normalized spacial score (nSPS) is 11.6. The van der Waals surface area contributed by atoms with Gasteiger partial charge >= 0.3 is 0 Å². The Bertz CT molecular complexity index is 1090. The summed E-state index contributed by atoms with van der Waals surface area (Å²) < 4.78 is 5.58. The fraction of sp³-hybridized carbons (Fsp3) is 0.367. The molecule has 6 heteroatoms. The number of carbonyl (C=O) groups is 2. The van der Waals surface area contributed by atoms with E-state index in [2.05, 4.69) is 0 Å². The number of anilines is 2. The van der Waals surface area contributed by atoms with E-state index in [0.717, 1.165) is 11.4 Å². The third-order valence-electron chi connectivity index (χ3n) is 5.69. The van der Waals surface area contributed by atoms with Gasteiger partial charge in [-0.05, 0) is 24.3 Å². The van der Waals surface area contributed by atoms with E-state index in [4.69, 9.17) is 9.72 Å². The average Bonchev–Trinajstić information content (AvgIpc) is 2.84. The van der Waals surface area contributed by atoms with E-state index in [1.54, 1.807) is 16.9 Å². The van der Waals surface area contributed by atoms with E-state index in [0.29, 0.717) is 17.1 Å². The van der Waals surface area contributed by atoms with Gasteiger partial charge in [-0.25, -0.2) is 0 Å². The summed E-state index contributed by atoms with van der Waals surface area (Å²) in [6, 6.07) is 22.9. The predicted octanol–water partition coefficient (Wildman–Crippen LogP) is 6.25. The number of amides is 2. The molecule has 0 bridgehead atoms. The maximum atomic E-state index is 13.4. The Balaban J connectivity index is 2.01. The molecule has 3 rings (SSSR count). The molecule has 0 atom stereocenters. The standard InChI is InChI=1S/C30H37N3O3/c1-29(2,3)27(34)32(24-14-10-8-11-15-24)20-22-18-26(36-7)19-23(31-22)21-33(28(35)30(4,5)6)25-16-12-9-13-17-25/h8-19H,20-21H2,1-7H3. The van der Waals surface area contributed by atoms with Crippen molar-refractivity contribution in [3.8, 4) is 5.75 Å². The Morgan fingerprint density at radius 3 is 1.36 bits per heavy atom. The van der Waals surface area contributed by atoms with Gasteiger partial charge in [0.1, 0.15) is 5.75 Å². The van der Waals surface area contributed by atoms with E-state index >= 15 is 0 Å². The smallest absolute Gasteiger partial charge is 0.232 e. The van der Waals surface area contributed by atoms with E-state index in [1.165, 1.54) is 0 Å². The number of ether oxygens (including phenoxy) is 1. The van der Waals surface area contributed by atoms with Crippen molar-refractivity contribution in [3.63, 3.8) is 0 Å². The average molecular weight is 488 g/mol. The van der Waals surface area contributed by atoms with Crippen molar-refractivity contribution in [2.45, 2.75) is 54.6 Å². The first kappa shape index (κ1) is 26.9. The molecule has 0 fully saturated rings. The van der Waals surface area contributed by atoms with E-state index in [-0.39, 0.29) is 24.9 Å². The quantitative estimate of drug-likeness (QED) is 0.395. The first-order valence-electron chi connectivity index (χ1n) is 12.2. The fourth-order valence-corrected chi connectivity index (χ4v) is 3.81. The summed E-state index contributed by atoms with van der Waals surface area (Å²) in [5, 5.41) is 0. The molecular weight excluding hydrogens is 450 g/mol. The van der Waals surface area contributed by atoms with Crippen LogP contribution in [0.3, 0.4) is 0 Å². The van der Waals surface area contributed by atoms with Crippen molar-refractivity contribution < 1.29 is 14.3 Å². The minimum absolute atomic E-state index is 0.00584. The highest BCUT2D eigenvalue weighted by Crippen LogP contribution is 2.28. The summed E-state index contributed by atoms with van der Waals surface area (Å²) in [6.07, 6.45) is 0. The first-order chi connectivity index (χ1) is 16.9. The van der Waals surface area contributed by atoms with Crippen molar-refractivity contribution in [1.29, 1.82) is 0 Å². The number of rotatable bonds is 7. The number of aromatic nitrogens is 1. The molecule has 0 N–H and O–H groups in total. The SMILES string of the molecule is COc1cc(CN(C(=O)C(C)(C)C)c2ccccc2)nc(CN(C(=O)C(C)(C)C)c2ccccc2)c1. The second-order valence-electron chi connectivity index (χ2n) is 10.9. The van der Waals surface area contributed by atoms with E-state index in [9.17, 15) is 9.59 Å². The van der Waals surface area contributed by atoms with Crippen molar-refractivity contribution >= 4 is 23.2 Å². The monoisotopic (exact) mass is 487 g/mol. The van der Waals surface area contributed by atoms with Gasteiger partial charge in [-0.2, -0.15) is 0 Å². The molecule has 0 aliphatic heterocycles. The third-order valence-corrected chi connectivity index (χ3v) is 5.69. The number of hydrogen-bond donors (Lipinski definition) is 0. The zero-order valence-corrected chi connectivity index (χ0v) is 22.4. The molecule has 36 heavy (non-hydrogen) atoms. The van der Waals surface area contributed by atoms with E-state index < -0.39 is 10.8 Å². The summed E-state index contributed by atoms with van der Waals surface area (Å²) in [6.45, 7) is 12.0. The highest BCUT2D eigenvalue weighted by molar-refractivity contribution is 5.97. The van der Waals surface area contributed by atoms with Gasteiger partial charge in [0.05, 0.1) is 31.6 Å². The zero-order chi connectivity index (χ0) is 26.5. The first-order valence-corrected chi connectivity index (χ1v) is 12.2. The van der Waals surface area contributed by atoms with Gasteiger partial charge in [0, 0.05) is 34.3 Å². The lowest BCUT2D eigenvalue weighted by Crippen LogP contribution is -2.40. The minimum Gasteiger partial charge on any atom is -0.497 e. The number of hydrogen-bond acceptors (Lipinski definition) is 4. The highest BCUT2D eigenvalue weighted by atomic mass is 16.5. The molecule has 1 heterocycles. The van der Waals surface area contributed by atoms with Gasteiger partial charge in [0.25, 0.3) is 0 Å². The van der Waals surface area contributed by atoms with Gasteiger partial charge in [-0.15, -0.1) is 0 Å². The summed E-state index contributed by atoms with van der Waals surface area (Å²) in [5.41, 5.74) is 1.83. The molecule has 0 unspecified atom stereocenters. The van der Waals surface area contributed by atoms with Crippen LogP contribution in [-0.4, -0.2) is 23.9 Å². The van der Waals surface area contributed by atoms with Crippen molar-refractivity contribution in [2.75, 3.05) is 16.9 Å². The lowest BCUT2D eigenvalue weighted by molar-refractivity contribution is -0.126. The van der Waals surface area contributed by atoms with Crippen LogP contribution in [0.2, 0.25) is 0 Å². The molecule has 0 saturated heterocycles. The van der Waals surface area contributed by atoms with Gasteiger partial charge in [-0.3, -0.25) is 14.6 Å². The Labute approximate surface area is 214 Å². The maximum Gasteiger partial charge on any atom is 0.232 e. The molecule has 0 aliphatic rings. The molecular formula is C30H37N3O3. The largest absolute Gasteiger partial charge is 0.497 e. The lowest BCUT2D eigenvalue weighted by atomic mass is 9.94. The van der Waals surface area contributed by atoms with Crippen molar-refractivity contribution in [2.24, 2.45) is 10.8 Å². The molecule has 190 valence electrons. The maximum absolute atomic E-state index is 13.4. The van der Waals surface area contributed by atoms with Crippen LogP contribution in [0, 0.1) is 10.8 Å². The number of carbonyl (C=O) groups excluding carboxylic acids is 2. The number of para-hydroxylation sites is 2. The Morgan fingerprint density at radius 1 is 0.694 bits per heavy atom. The van der Waals surface area contributed by atoms with Crippen LogP contribution in [0.25, 0.3) is 0 Å². The molecule has 2 aromatic carbocycles. The second kappa shape index (κ2) is 10.9. The van der Waals surface area contributed by atoms with E-state index in [1.807, 2.05) is 114 Å². The van der Waals surface area contributed by atoms with Gasteiger partial charge < -0.3 is 14.5 Å². The molecule has 0 spiro atoms. The van der Waals surface area contributed by atoms with Gasteiger partial charge in [0.2, 0.25) is 11.8 Å². The fourth-order valence-electron chi connectivity index (χ4n) is 3.81. The zero-order valence-electron chi connectivity index (χ0n) is 22.4. The molecule has 2 amide bonds. The van der Waals surface area contributed by atoms with Crippen LogP contribution >= 0.6 is 0 Å². The summed E-state index contributed by atoms with van der Waals surface area (Å²) >= 11 is 0. The van der Waals surface area contributed by atoms with Crippen LogP contribution in [0.4, 0.5) is 11.4 Å². The predicted molar refractivity (Wildman–Crippen MR) is 145 cm³/mol. The Hall–Kier alpha value is -3.67. The summed E-state index contributed by atoms with van der Waals surface area (Å²) in [4.78, 5) is 35.1. The van der Waals surface area contributed by atoms with Gasteiger partial charge in [0.15, 0.2) is 0 Å². The van der Waals surface area contributed by atoms with Crippen molar-refractivity contribution in [3.05, 3.63) is 84.2 Å². The van der Waals surface area contributed by atoms with Crippen molar-refractivity contribution in [1.82, 2.24) is 4.98 Å². The molecule has 1 aromatic heterocycles. The van der Waals surface area contributed by atoms with Crippen LogP contribution < -0.4 is 14.5 Å². The van der Waals surface area contributed by atoms with Crippen LogP contribution in [-0.2, 0) is 22.7 Å². The Morgan fingerprint density at radius 2 is 1.06 bits per heavy atom. The molecule has 6 nitrogen and oxygen atoms in total. The van der Waals surface area contributed by atoms with Crippen LogP contribution in [0.15, 0.2) is 72.8 Å². The number of nitrogens with zero attached hydrogens (tertiary/aromatic N) is 3. The number of benzene rings is 2. The van der Waals surface area contributed by atoms with Crippen LogP contribution in [0.1, 0.15) is 52.9 Å². The molecule has 0 saturated carbocycles. The Kier molecular flexibility index (Phi) is 8.18. The highest BCUT2D eigenvalue weighted by Gasteiger charge is 2.30. The third kappa shape index (κ3) is 6.72. The molecule has 3 aromatic rings.